The molecule has 0 heterocycles. The molecular weight excluding hydrogens is 172 g/mol. The van der Waals surface area contributed by atoms with Gasteiger partial charge >= 0.3 is 0 Å². The Bertz CT molecular complexity index is 331. The van der Waals surface area contributed by atoms with E-state index in [1.807, 2.05) is 24.3 Å². The van der Waals surface area contributed by atoms with Gasteiger partial charge in [0.05, 0.1) is 11.4 Å². The van der Waals surface area contributed by atoms with Crippen LogP contribution in [0, 0.1) is 5.41 Å². The highest BCUT2D eigenvalue weighted by molar-refractivity contribution is 5.66. The summed E-state index contributed by atoms with van der Waals surface area (Å²) in [6.45, 7) is 4.60. The molecule has 1 saturated carbocycles. The second-order valence-corrected chi connectivity index (χ2v) is 4.81. The maximum absolute atomic E-state index is 5.87. The molecule has 0 radical (unpaired) electrons. The molecule has 1 aliphatic carbocycles. The van der Waals surface area contributed by atoms with Crippen LogP contribution >= 0.6 is 0 Å². The topological polar surface area (TPSA) is 38.0 Å². The fraction of sp³-hybridized carbons (Fsp3) is 0.500. The number of nitrogens with two attached hydrogens (primary N) is 1. The van der Waals surface area contributed by atoms with Crippen molar-refractivity contribution in [1.29, 1.82) is 0 Å². The number of benzene rings is 1. The van der Waals surface area contributed by atoms with Gasteiger partial charge in [0, 0.05) is 6.04 Å². The Kier molecular flexibility index (Phi) is 2.14. The lowest BCUT2D eigenvalue weighted by molar-refractivity contribution is 0.160. The van der Waals surface area contributed by atoms with Crippen molar-refractivity contribution in [3.63, 3.8) is 0 Å². The number of para-hydroxylation sites is 2. The van der Waals surface area contributed by atoms with E-state index >= 15 is 0 Å². The van der Waals surface area contributed by atoms with E-state index in [-0.39, 0.29) is 0 Å². The largest absolute Gasteiger partial charge is 0.397 e. The SMILES string of the molecule is CC1(C)CCC1Nc1ccccc1N. The molecule has 0 spiro atoms. The van der Waals surface area contributed by atoms with E-state index in [0.29, 0.717) is 11.5 Å². The van der Waals surface area contributed by atoms with Gasteiger partial charge in [-0.3, -0.25) is 0 Å². The molecule has 2 nitrogen and oxygen atoms in total. The summed E-state index contributed by atoms with van der Waals surface area (Å²) in [5.41, 5.74) is 8.21. The molecule has 3 N–H and O–H groups in total. The van der Waals surface area contributed by atoms with Crippen LogP contribution in [0.4, 0.5) is 11.4 Å². The summed E-state index contributed by atoms with van der Waals surface area (Å²) in [7, 11) is 0. The van der Waals surface area contributed by atoms with E-state index in [0.717, 1.165) is 11.4 Å². The number of rotatable bonds is 2. The molecule has 1 unspecified atom stereocenters. The van der Waals surface area contributed by atoms with Crippen LogP contribution in [0.1, 0.15) is 26.7 Å². The lowest BCUT2D eigenvalue weighted by Gasteiger charge is -2.45. The molecule has 1 atom stereocenters. The first-order valence-corrected chi connectivity index (χ1v) is 5.21. The number of nitrogen functional groups attached to an aromatic ring is 1. The summed E-state index contributed by atoms with van der Waals surface area (Å²) in [6.07, 6.45) is 2.55. The molecule has 1 aromatic carbocycles. The van der Waals surface area contributed by atoms with E-state index in [1.165, 1.54) is 12.8 Å². The van der Waals surface area contributed by atoms with Gasteiger partial charge in [0.15, 0.2) is 0 Å². The Morgan fingerprint density at radius 2 is 2.07 bits per heavy atom. The van der Waals surface area contributed by atoms with Gasteiger partial charge in [0.25, 0.3) is 0 Å². The van der Waals surface area contributed by atoms with E-state index in [2.05, 4.69) is 19.2 Å². The zero-order valence-electron chi connectivity index (χ0n) is 8.88. The van der Waals surface area contributed by atoms with Crippen molar-refractivity contribution in [2.75, 3.05) is 11.1 Å². The van der Waals surface area contributed by atoms with Crippen LogP contribution in [0.15, 0.2) is 24.3 Å². The van der Waals surface area contributed by atoms with Gasteiger partial charge in [-0.15, -0.1) is 0 Å². The standard InChI is InChI=1S/C12H18N2/c1-12(2)8-7-11(12)14-10-6-4-3-5-9(10)13/h3-6,11,14H,7-8,13H2,1-2H3. The van der Waals surface area contributed by atoms with Crippen LogP contribution in [0.3, 0.4) is 0 Å². The average molecular weight is 190 g/mol. The van der Waals surface area contributed by atoms with Gasteiger partial charge < -0.3 is 11.1 Å². The van der Waals surface area contributed by atoms with Crippen molar-refractivity contribution in [2.24, 2.45) is 5.41 Å². The second kappa shape index (κ2) is 3.19. The predicted molar refractivity (Wildman–Crippen MR) is 61.3 cm³/mol. The third-order valence-electron chi connectivity index (χ3n) is 3.31. The summed E-state index contributed by atoms with van der Waals surface area (Å²) in [6, 6.07) is 8.54. The van der Waals surface area contributed by atoms with Gasteiger partial charge in [-0.25, -0.2) is 0 Å². The van der Waals surface area contributed by atoms with Crippen LogP contribution in [0.2, 0.25) is 0 Å². The molecule has 1 fully saturated rings. The molecule has 14 heavy (non-hydrogen) atoms. The van der Waals surface area contributed by atoms with E-state index in [9.17, 15) is 0 Å². The highest BCUT2D eigenvalue weighted by Crippen LogP contribution is 2.42. The Morgan fingerprint density at radius 3 is 2.57 bits per heavy atom. The lowest BCUT2D eigenvalue weighted by atomic mass is 9.67. The Balaban J connectivity index is 2.08. The summed E-state index contributed by atoms with van der Waals surface area (Å²) < 4.78 is 0. The van der Waals surface area contributed by atoms with Crippen LogP contribution in [-0.4, -0.2) is 6.04 Å². The van der Waals surface area contributed by atoms with Crippen molar-refractivity contribution in [2.45, 2.75) is 32.7 Å². The fourth-order valence-electron chi connectivity index (χ4n) is 1.95. The Morgan fingerprint density at radius 1 is 1.36 bits per heavy atom. The molecular formula is C12H18N2. The number of hydrogen-bond acceptors (Lipinski definition) is 2. The molecule has 1 aromatic rings. The van der Waals surface area contributed by atoms with Crippen LogP contribution < -0.4 is 11.1 Å². The molecule has 0 bridgehead atoms. The molecule has 0 amide bonds. The first kappa shape index (κ1) is 9.38. The van der Waals surface area contributed by atoms with Crippen LogP contribution in [-0.2, 0) is 0 Å². The Labute approximate surface area is 85.5 Å². The predicted octanol–water partition coefficient (Wildman–Crippen LogP) is 2.87. The van der Waals surface area contributed by atoms with Crippen molar-refractivity contribution >= 4 is 11.4 Å². The summed E-state index contributed by atoms with van der Waals surface area (Å²) in [5, 5.41) is 3.51. The minimum absolute atomic E-state index is 0.419. The van der Waals surface area contributed by atoms with Gasteiger partial charge in [-0.1, -0.05) is 26.0 Å². The van der Waals surface area contributed by atoms with E-state index in [1.54, 1.807) is 0 Å². The summed E-state index contributed by atoms with van der Waals surface area (Å²) in [4.78, 5) is 0. The fourth-order valence-corrected chi connectivity index (χ4v) is 1.95. The van der Waals surface area contributed by atoms with Crippen LogP contribution in [0.25, 0.3) is 0 Å². The normalized spacial score (nSPS) is 24.0. The number of hydrogen-bond donors (Lipinski definition) is 2. The number of anilines is 2. The first-order valence-electron chi connectivity index (χ1n) is 5.21. The van der Waals surface area contributed by atoms with Crippen molar-refractivity contribution in [3.05, 3.63) is 24.3 Å². The van der Waals surface area contributed by atoms with Crippen molar-refractivity contribution in [3.8, 4) is 0 Å². The molecule has 0 aliphatic heterocycles. The second-order valence-electron chi connectivity index (χ2n) is 4.81. The smallest absolute Gasteiger partial charge is 0.0576 e. The summed E-state index contributed by atoms with van der Waals surface area (Å²) in [5.74, 6) is 0. The molecule has 0 aromatic heterocycles. The van der Waals surface area contributed by atoms with Crippen LogP contribution in [0.5, 0.6) is 0 Å². The molecule has 2 heteroatoms. The quantitative estimate of drug-likeness (QED) is 0.704. The van der Waals surface area contributed by atoms with Gasteiger partial charge in [-0.2, -0.15) is 0 Å². The lowest BCUT2D eigenvalue weighted by Crippen LogP contribution is -2.45. The maximum Gasteiger partial charge on any atom is 0.0576 e. The minimum Gasteiger partial charge on any atom is -0.397 e. The monoisotopic (exact) mass is 190 g/mol. The number of nitrogens with one attached hydrogen (secondary N) is 1. The zero-order valence-corrected chi connectivity index (χ0v) is 8.88. The summed E-state index contributed by atoms with van der Waals surface area (Å²) >= 11 is 0. The van der Waals surface area contributed by atoms with Gasteiger partial charge in [0.1, 0.15) is 0 Å². The van der Waals surface area contributed by atoms with Crippen molar-refractivity contribution in [1.82, 2.24) is 0 Å². The van der Waals surface area contributed by atoms with Gasteiger partial charge in [0.2, 0.25) is 0 Å². The highest BCUT2D eigenvalue weighted by atomic mass is 15.0. The van der Waals surface area contributed by atoms with Crippen molar-refractivity contribution < 1.29 is 0 Å². The van der Waals surface area contributed by atoms with Gasteiger partial charge in [-0.05, 0) is 30.4 Å². The third-order valence-corrected chi connectivity index (χ3v) is 3.31. The molecule has 2 rings (SSSR count). The van der Waals surface area contributed by atoms with E-state index < -0.39 is 0 Å². The molecule has 0 saturated heterocycles. The Hall–Kier alpha value is -1.18. The molecule has 76 valence electrons. The first-order chi connectivity index (χ1) is 6.59. The highest BCUT2D eigenvalue weighted by Gasteiger charge is 2.38. The maximum atomic E-state index is 5.87. The average Bonchev–Trinajstić information content (AvgIpc) is 2.15. The zero-order chi connectivity index (χ0) is 10.2. The third kappa shape index (κ3) is 1.57. The minimum atomic E-state index is 0.419. The molecule has 1 aliphatic rings. The van der Waals surface area contributed by atoms with E-state index in [4.69, 9.17) is 5.73 Å².